The highest BCUT2D eigenvalue weighted by atomic mass is 32.2. The quantitative estimate of drug-likeness (QED) is 0.389. The second kappa shape index (κ2) is 4.87. The van der Waals surface area contributed by atoms with Crippen LogP contribution in [0, 0.1) is 5.82 Å². The first-order chi connectivity index (χ1) is 9.26. The Morgan fingerprint density at radius 1 is 1.32 bits per heavy atom. The van der Waals surface area contributed by atoms with Gasteiger partial charge >= 0.3 is 0 Å². The number of benzene rings is 1. The normalized spacial score (nSPS) is 10.8. The predicted molar refractivity (Wildman–Crippen MR) is 72.2 cm³/mol. The van der Waals surface area contributed by atoms with Crippen molar-refractivity contribution in [3.63, 3.8) is 0 Å². The average Bonchev–Trinajstić information content (AvgIpc) is 2.83. The van der Waals surface area contributed by atoms with Crippen molar-refractivity contribution in [2.45, 2.75) is 10.1 Å². The topological polar surface area (TPSA) is 79.6 Å². The van der Waals surface area contributed by atoms with Gasteiger partial charge in [-0.15, -0.1) is 0 Å². The van der Waals surface area contributed by atoms with Gasteiger partial charge in [0.2, 0.25) is 5.95 Å². The zero-order chi connectivity index (χ0) is 13.2. The van der Waals surface area contributed by atoms with Gasteiger partial charge in [-0.25, -0.2) is 20.2 Å². The largest absolute Gasteiger partial charge is 0.349 e. The summed E-state index contributed by atoms with van der Waals surface area (Å²) in [6.45, 7) is 0. The summed E-state index contributed by atoms with van der Waals surface area (Å²) in [5, 5.41) is 2.09. The minimum atomic E-state index is -0.484. The monoisotopic (exact) mass is 275 g/mol. The van der Waals surface area contributed by atoms with E-state index < -0.39 is 5.82 Å². The molecule has 3 rings (SSSR count). The Balaban J connectivity index is 1.96. The number of aromatic amines is 1. The number of nitrogens with one attached hydrogen (secondary N) is 2. The molecule has 0 aliphatic carbocycles. The average molecular weight is 275 g/mol. The van der Waals surface area contributed by atoms with E-state index in [0.29, 0.717) is 0 Å². The first kappa shape index (κ1) is 11.9. The molecule has 0 bridgehead atoms. The molecule has 2 heterocycles. The van der Waals surface area contributed by atoms with Crippen LogP contribution < -0.4 is 11.3 Å². The van der Waals surface area contributed by atoms with E-state index in [-0.39, 0.29) is 11.0 Å². The number of nitrogen functional groups attached to an aromatic ring is 1. The van der Waals surface area contributed by atoms with Gasteiger partial charge in [-0.2, -0.15) is 0 Å². The van der Waals surface area contributed by atoms with Gasteiger partial charge in [-0.05, 0) is 23.9 Å². The van der Waals surface area contributed by atoms with Crippen molar-refractivity contribution in [2.75, 3.05) is 5.43 Å². The molecule has 0 spiro atoms. The molecule has 0 fully saturated rings. The molecule has 0 aliphatic rings. The summed E-state index contributed by atoms with van der Waals surface area (Å²) in [4.78, 5) is 10.9. The van der Waals surface area contributed by atoms with Crippen LogP contribution in [0.2, 0.25) is 0 Å². The lowest BCUT2D eigenvalue weighted by atomic mass is 10.3. The van der Waals surface area contributed by atoms with Crippen molar-refractivity contribution in [1.82, 2.24) is 15.0 Å². The molecule has 3 aromatic rings. The van der Waals surface area contributed by atoms with Crippen LogP contribution in [0.4, 0.5) is 10.3 Å². The van der Waals surface area contributed by atoms with E-state index in [1.54, 1.807) is 0 Å². The Labute approximate surface area is 112 Å². The number of anilines is 1. The summed E-state index contributed by atoms with van der Waals surface area (Å²) in [5.74, 6) is 4.91. The highest BCUT2D eigenvalue weighted by Gasteiger charge is 2.10. The minimum absolute atomic E-state index is 0.181. The molecule has 2 aromatic heterocycles. The van der Waals surface area contributed by atoms with E-state index in [2.05, 4.69) is 20.4 Å². The maximum atomic E-state index is 13.6. The van der Waals surface area contributed by atoms with Crippen LogP contribution in [0.3, 0.4) is 0 Å². The van der Waals surface area contributed by atoms with Gasteiger partial charge in [0.05, 0.1) is 11.2 Å². The van der Waals surface area contributed by atoms with Gasteiger partial charge in [0, 0.05) is 10.9 Å². The zero-order valence-corrected chi connectivity index (χ0v) is 10.5. The molecule has 0 aliphatic heterocycles. The molecule has 4 N–H and O–H groups in total. The highest BCUT2D eigenvalue weighted by Crippen LogP contribution is 2.30. The van der Waals surface area contributed by atoms with Gasteiger partial charge < -0.3 is 4.98 Å². The first-order valence-corrected chi connectivity index (χ1v) is 6.32. The van der Waals surface area contributed by atoms with Crippen LogP contribution in [-0.2, 0) is 0 Å². The number of rotatable bonds is 3. The Hall–Kier alpha value is -2.12. The second-order valence-corrected chi connectivity index (χ2v) is 4.84. The van der Waals surface area contributed by atoms with Crippen molar-refractivity contribution in [3.8, 4) is 0 Å². The van der Waals surface area contributed by atoms with E-state index in [4.69, 9.17) is 5.84 Å². The van der Waals surface area contributed by atoms with Crippen LogP contribution in [0.15, 0.2) is 46.6 Å². The van der Waals surface area contributed by atoms with E-state index >= 15 is 0 Å². The molecule has 0 amide bonds. The number of hydrogen-bond donors (Lipinski definition) is 3. The number of aromatic nitrogens is 3. The van der Waals surface area contributed by atoms with Crippen LogP contribution in [0.1, 0.15) is 0 Å². The molecule has 1 aromatic carbocycles. The molecular weight excluding hydrogens is 265 g/mol. The molecule has 5 nitrogen and oxygen atoms in total. The lowest BCUT2D eigenvalue weighted by Gasteiger charge is -2.02. The maximum absolute atomic E-state index is 13.6. The summed E-state index contributed by atoms with van der Waals surface area (Å²) in [6, 6.07) is 9.78. The molecule has 0 unspecified atom stereocenters. The highest BCUT2D eigenvalue weighted by molar-refractivity contribution is 7.99. The van der Waals surface area contributed by atoms with E-state index in [1.165, 1.54) is 11.8 Å². The molecular formula is C12H10FN5S. The molecule has 0 saturated carbocycles. The summed E-state index contributed by atoms with van der Waals surface area (Å²) in [6.07, 6.45) is 1.09. The standard InChI is InChI=1S/C12H10FN5S/c13-8-6-15-12(18-14)17-11(8)19-10-5-7-3-1-2-4-9(7)16-10/h1-6,16H,14H2,(H,15,17,18). The van der Waals surface area contributed by atoms with Crippen molar-refractivity contribution in [1.29, 1.82) is 0 Å². The summed E-state index contributed by atoms with van der Waals surface area (Å²) in [7, 11) is 0. The number of H-pyrrole nitrogens is 1. The van der Waals surface area contributed by atoms with Crippen molar-refractivity contribution >= 4 is 28.6 Å². The third kappa shape index (κ3) is 2.38. The Kier molecular flexibility index (Phi) is 3.06. The van der Waals surface area contributed by atoms with E-state index in [9.17, 15) is 4.39 Å². The van der Waals surface area contributed by atoms with Crippen LogP contribution in [0.25, 0.3) is 10.9 Å². The Morgan fingerprint density at radius 2 is 2.16 bits per heavy atom. The smallest absolute Gasteiger partial charge is 0.238 e. The predicted octanol–water partition coefficient (Wildman–Crippen LogP) is 2.53. The number of nitrogens with two attached hydrogens (primary N) is 1. The number of nitrogens with zero attached hydrogens (tertiary/aromatic N) is 2. The van der Waals surface area contributed by atoms with Crippen molar-refractivity contribution in [3.05, 3.63) is 42.3 Å². The fraction of sp³-hybridized carbons (Fsp3) is 0. The summed E-state index contributed by atoms with van der Waals surface area (Å²) in [5.41, 5.74) is 3.29. The van der Waals surface area contributed by atoms with Crippen LogP contribution >= 0.6 is 11.8 Å². The Morgan fingerprint density at radius 3 is 2.95 bits per heavy atom. The van der Waals surface area contributed by atoms with Gasteiger partial charge in [-0.3, -0.25) is 5.43 Å². The molecule has 7 heteroatoms. The molecule has 0 atom stereocenters. The number of halogens is 1. The van der Waals surface area contributed by atoms with Gasteiger partial charge in [0.25, 0.3) is 0 Å². The zero-order valence-electron chi connectivity index (χ0n) is 9.72. The SMILES string of the molecule is NNc1ncc(F)c(Sc2cc3ccccc3[nH]2)n1. The molecule has 0 radical (unpaired) electrons. The fourth-order valence-corrected chi connectivity index (χ4v) is 2.54. The molecule has 0 saturated heterocycles. The third-order valence-corrected chi connectivity index (χ3v) is 3.47. The van der Waals surface area contributed by atoms with Gasteiger partial charge in [0.1, 0.15) is 5.03 Å². The number of fused-ring (bicyclic) bond motifs is 1. The molecule has 96 valence electrons. The van der Waals surface area contributed by atoms with Crippen molar-refractivity contribution in [2.24, 2.45) is 5.84 Å². The lowest BCUT2D eigenvalue weighted by Crippen LogP contribution is -2.11. The number of hydrogen-bond acceptors (Lipinski definition) is 5. The lowest BCUT2D eigenvalue weighted by molar-refractivity contribution is 0.580. The van der Waals surface area contributed by atoms with E-state index in [0.717, 1.165) is 22.1 Å². The molecule has 19 heavy (non-hydrogen) atoms. The number of hydrazine groups is 1. The Bertz CT molecular complexity index is 694. The van der Waals surface area contributed by atoms with Crippen LogP contribution in [-0.4, -0.2) is 15.0 Å². The summed E-state index contributed by atoms with van der Waals surface area (Å²) < 4.78 is 13.6. The second-order valence-electron chi connectivity index (χ2n) is 3.81. The van der Waals surface area contributed by atoms with Crippen LogP contribution in [0.5, 0.6) is 0 Å². The van der Waals surface area contributed by atoms with Crippen molar-refractivity contribution < 1.29 is 4.39 Å². The minimum Gasteiger partial charge on any atom is -0.349 e. The maximum Gasteiger partial charge on any atom is 0.238 e. The van der Waals surface area contributed by atoms with E-state index in [1.807, 2.05) is 30.3 Å². The van der Waals surface area contributed by atoms with Gasteiger partial charge in [0.15, 0.2) is 5.82 Å². The summed E-state index contributed by atoms with van der Waals surface area (Å²) >= 11 is 1.19. The third-order valence-electron chi connectivity index (χ3n) is 2.55. The fourth-order valence-electron chi connectivity index (χ4n) is 1.70. The number of para-hydroxylation sites is 1. The first-order valence-electron chi connectivity index (χ1n) is 5.51. The van der Waals surface area contributed by atoms with Gasteiger partial charge in [-0.1, -0.05) is 18.2 Å².